The molecule has 4 rings (SSSR count). The van der Waals surface area contributed by atoms with Gasteiger partial charge in [-0.05, 0) is 36.2 Å². The smallest absolute Gasteiger partial charge is 0.260 e. The minimum absolute atomic E-state index is 0.0556. The highest BCUT2D eigenvalue weighted by atomic mass is 16.5. The molecule has 0 unspecified atom stereocenters. The lowest BCUT2D eigenvalue weighted by atomic mass is 10.1. The number of likely N-dealkylation sites (tertiary alicyclic amines) is 1. The Balaban J connectivity index is 1.61. The van der Waals surface area contributed by atoms with E-state index >= 15 is 0 Å². The molecule has 7 nitrogen and oxygen atoms in total. The van der Waals surface area contributed by atoms with Gasteiger partial charge in [-0.25, -0.2) is 0 Å². The summed E-state index contributed by atoms with van der Waals surface area (Å²) in [6.45, 7) is 1.29. The molecule has 0 bridgehead atoms. The summed E-state index contributed by atoms with van der Waals surface area (Å²) in [6.07, 6.45) is 0.554. The molecule has 2 heterocycles. The Morgan fingerprint density at radius 2 is 1.96 bits per heavy atom. The van der Waals surface area contributed by atoms with Crippen molar-refractivity contribution < 1.29 is 19.1 Å². The number of ether oxygens (including phenoxy) is 1. The number of benzene rings is 2. The summed E-state index contributed by atoms with van der Waals surface area (Å²) in [5.74, 6) is -0.266. The maximum atomic E-state index is 13.2. The van der Waals surface area contributed by atoms with Gasteiger partial charge in [0.1, 0.15) is 5.75 Å². The van der Waals surface area contributed by atoms with E-state index < -0.39 is 12.0 Å². The maximum Gasteiger partial charge on any atom is 0.260 e. The molecule has 1 atom stereocenters. The predicted molar refractivity (Wildman–Crippen MR) is 103 cm³/mol. The molecule has 144 valence electrons. The van der Waals surface area contributed by atoms with Gasteiger partial charge in [-0.3, -0.25) is 14.4 Å². The summed E-state index contributed by atoms with van der Waals surface area (Å²) < 4.78 is 5.62. The van der Waals surface area contributed by atoms with E-state index in [0.717, 1.165) is 18.5 Å². The first-order valence-electron chi connectivity index (χ1n) is 9.26. The summed E-state index contributed by atoms with van der Waals surface area (Å²) in [5.41, 5.74) is 7.40. The summed E-state index contributed by atoms with van der Waals surface area (Å²) in [4.78, 5) is 40.1. The van der Waals surface area contributed by atoms with Crippen LogP contribution in [0.1, 0.15) is 28.8 Å². The van der Waals surface area contributed by atoms with Gasteiger partial charge in [-0.1, -0.05) is 24.3 Å². The van der Waals surface area contributed by atoms with Crippen molar-refractivity contribution in [3.05, 3.63) is 59.7 Å². The third-order valence-electron chi connectivity index (χ3n) is 5.05. The number of amides is 3. The standard InChI is InChI=1S/C21H21N3O4/c22-20(26)18-13-24(16-7-1-2-8-17(16)28-18)21(27)15-6-3-5-14(11-15)12-23-10-4-9-19(23)25/h1-3,5-8,11,18H,4,9-10,12-13H2,(H2,22,26)/t18-/m0/s1. The maximum absolute atomic E-state index is 13.2. The molecule has 0 saturated carbocycles. The van der Waals surface area contributed by atoms with Crippen LogP contribution in [0.4, 0.5) is 5.69 Å². The number of fused-ring (bicyclic) bond motifs is 1. The molecule has 2 aromatic carbocycles. The van der Waals surface area contributed by atoms with E-state index in [4.69, 9.17) is 10.5 Å². The van der Waals surface area contributed by atoms with Crippen molar-refractivity contribution in [2.24, 2.45) is 5.73 Å². The van der Waals surface area contributed by atoms with Crippen molar-refractivity contribution in [1.82, 2.24) is 4.90 Å². The van der Waals surface area contributed by atoms with E-state index in [1.807, 2.05) is 12.1 Å². The predicted octanol–water partition coefficient (Wildman–Crippen LogP) is 1.70. The van der Waals surface area contributed by atoms with Gasteiger partial charge in [-0.15, -0.1) is 0 Å². The van der Waals surface area contributed by atoms with Crippen LogP contribution in [0.25, 0.3) is 0 Å². The van der Waals surface area contributed by atoms with Crippen LogP contribution in [-0.2, 0) is 16.1 Å². The Labute approximate surface area is 162 Å². The zero-order chi connectivity index (χ0) is 19.7. The summed E-state index contributed by atoms with van der Waals surface area (Å²) in [5, 5.41) is 0. The number of hydrogen-bond donors (Lipinski definition) is 1. The van der Waals surface area contributed by atoms with Crippen molar-refractivity contribution >= 4 is 23.4 Å². The summed E-state index contributed by atoms with van der Waals surface area (Å²) in [6, 6.07) is 14.3. The molecule has 0 aromatic heterocycles. The Bertz CT molecular complexity index is 943. The molecule has 7 heteroatoms. The first-order valence-corrected chi connectivity index (χ1v) is 9.26. The highest BCUT2D eigenvalue weighted by Gasteiger charge is 2.33. The van der Waals surface area contributed by atoms with Gasteiger partial charge >= 0.3 is 0 Å². The normalized spacial score (nSPS) is 18.6. The third-order valence-corrected chi connectivity index (χ3v) is 5.05. The number of carbonyl (C=O) groups is 3. The Hall–Kier alpha value is -3.35. The van der Waals surface area contributed by atoms with Crippen LogP contribution in [0.5, 0.6) is 5.75 Å². The molecule has 1 fully saturated rings. The molecule has 28 heavy (non-hydrogen) atoms. The fraction of sp³-hybridized carbons (Fsp3) is 0.286. The Morgan fingerprint density at radius 1 is 1.14 bits per heavy atom. The van der Waals surface area contributed by atoms with Crippen LogP contribution in [0.2, 0.25) is 0 Å². The first-order chi connectivity index (χ1) is 13.5. The largest absolute Gasteiger partial charge is 0.477 e. The number of carbonyl (C=O) groups excluding carboxylic acids is 3. The topological polar surface area (TPSA) is 92.9 Å². The van der Waals surface area contributed by atoms with Crippen LogP contribution in [-0.4, -0.2) is 41.8 Å². The summed E-state index contributed by atoms with van der Waals surface area (Å²) >= 11 is 0. The zero-order valence-electron chi connectivity index (χ0n) is 15.3. The van der Waals surface area contributed by atoms with E-state index in [9.17, 15) is 14.4 Å². The van der Waals surface area contributed by atoms with Crippen LogP contribution in [0.3, 0.4) is 0 Å². The number of anilines is 1. The second-order valence-electron chi connectivity index (χ2n) is 7.01. The van der Waals surface area contributed by atoms with Crippen molar-refractivity contribution in [1.29, 1.82) is 0 Å². The van der Waals surface area contributed by atoms with E-state index in [2.05, 4.69) is 0 Å². The van der Waals surface area contributed by atoms with E-state index in [-0.39, 0.29) is 18.4 Å². The van der Waals surface area contributed by atoms with E-state index in [1.165, 1.54) is 4.90 Å². The molecule has 0 spiro atoms. The highest BCUT2D eigenvalue weighted by molar-refractivity contribution is 6.08. The molecule has 2 aliphatic heterocycles. The average Bonchev–Trinajstić information content (AvgIpc) is 3.11. The molecule has 0 radical (unpaired) electrons. The number of nitrogens with two attached hydrogens (primary N) is 1. The molecule has 2 aliphatic rings. The van der Waals surface area contributed by atoms with E-state index in [1.54, 1.807) is 41.3 Å². The van der Waals surface area contributed by atoms with Gasteiger partial charge in [-0.2, -0.15) is 0 Å². The van der Waals surface area contributed by atoms with Gasteiger partial charge < -0.3 is 20.3 Å². The SMILES string of the molecule is NC(=O)[C@@H]1CN(C(=O)c2cccc(CN3CCCC3=O)c2)c2ccccc2O1. The van der Waals surface area contributed by atoms with Crippen molar-refractivity contribution in [3.8, 4) is 5.75 Å². The lowest BCUT2D eigenvalue weighted by Crippen LogP contribution is -2.49. The van der Waals surface area contributed by atoms with Crippen molar-refractivity contribution in [3.63, 3.8) is 0 Å². The molecule has 1 saturated heterocycles. The Kier molecular flexibility index (Phi) is 4.73. The second kappa shape index (κ2) is 7.34. The quantitative estimate of drug-likeness (QED) is 0.875. The molecule has 2 aromatic rings. The third kappa shape index (κ3) is 3.43. The van der Waals surface area contributed by atoms with Crippen LogP contribution >= 0.6 is 0 Å². The lowest BCUT2D eigenvalue weighted by Gasteiger charge is -2.33. The Morgan fingerprint density at radius 3 is 2.71 bits per heavy atom. The van der Waals surface area contributed by atoms with Crippen LogP contribution in [0, 0.1) is 0 Å². The molecular weight excluding hydrogens is 358 g/mol. The van der Waals surface area contributed by atoms with Crippen LogP contribution < -0.4 is 15.4 Å². The molecule has 0 aliphatic carbocycles. The molecular formula is C21H21N3O4. The number of para-hydroxylation sites is 2. The number of nitrogens with zero attached hydrogens (tertiary/aromatic N) is 2. The van der Waals surface area contributed by atoms with Crippen molar-refractivity contribution in [2.75, 3.05) is 18.0 Å². The lowest BCUT2D eigenvalue weighted by molar-refractivity contribution is -0.128. The fourth-order valence-corrected chi connectivity index (χ4v) is 3.62. The molecule has 3 amide bonds. The summed E-state index contributed by atoms with van der Waals surface area (Å²) in [7, 11) is 0. The van der Waals surface area contributed by atoms with Gasteiger partial charge in [0, 0.05) is 25.1 Å². The minimum Gasteiger partial charge on any atom is -0.477 e. The van der Waals surface area contributed by atoms with Crippen molar-refractivity contribution in [2.45, 2.75) is 25.5 Å². The minimum atomic E-state index is -0.899. The fourth-order valence-electron chi connectivity index (χ4n) is 3.62. The van der Waals surface area contributed by atoms with E-state index in [0.29, 0.717) is 30.0 Å². The highest BCUT2D eigenvalue weighted by Crippen LogP contribution is 2.34. The zero-order valence-corrected chi connectivity index (χ0v) is 15.3. The molecule has 2 N–H and O–H groups in total. The average molecular weight is 379 g/mol. The number of primary amides is 1. The van der Waals surface area contributed by atoms with Crippen LogP contribution in [0.15, 0.2) is 48.5 Å². The van der Waals surface area contributed by atoms with Gasteiger partial charge in [0.25, 0.3) is 11.8 Å². The van der Waals surface area contributed by atoms with Gasteiger partial charge in [0.2, 0.25) is 5.91 Å². The first kappa shape index (κ1) is 18.0. The van der Waals surface area contributed by atoms with Gasteiger partial charge in [0.15, 0.2) is 6.10 Å². The second-order valence-corrected chi connectivity index (χ2v) is 7.01. The number of hydrogen-bond acceptors (Lipinski definition) is 4. The monoisotopic (exact) mass is 379 g/mol. The van der Waals surface area contributed by atoms with Gasteiger partial charge in [0.05, 0.1) is 12.2 Å². The number of rotatable bonds is 4.